The van der Waals surface area contributed by atoms with Crippen molar-refractivity contribution in [3.05, 3.63) is 144 Å². The fourth-order valence-corrected chi connectivity index (χ4v) is 9.91. The van der Waals surface area contributed by atoms with Crippen LogP contribution in [0.1, 0.15) is 56.7 Å². The smallest absolute Gasteiger partial charge is 0.0838 e. The standard InChI is InChI=1S/C48H50N5P/c1-34-22-40(37-16-10-7-11-17-37)49-25-43(34)52-31-46(4)28-47(5,32-53-44-26-50-41(23-35(44)2)38-18-12-8-13-19-38)30-48(6,29-46)33-54-45-27-51-42(24-36(45)3)39-20-14-9-15-21-39/h7-27,31-32,54H,28-30,33H2,1-6H3. The van der Waals surface area contributed by atoms with Crippen molar-refractivity contribution in [3.8, 4) is 33.8 Å². The van der Waals surface area contributed by atoms with Crippen LogP contribution in [0.5, 0.6) is 0 Å². The highest BCUT2D eigenvalue weighted by Gasteiger charge is 2.47. The molecule has 3 aromatic carbocycles. The molecule has 0 spiro atoms. The van der Waals surface area contributed by atoms with Gasteiger partial charge in [0.2, 0.25) is 0 Å². The van der Waals surface area contributed by atoms with Gasteiger partial charge >= 0.3 is 0 Å². The minimum atomic E-state index is -0.155. The molecule has 6 aromatic rings. The Kier molecular flexibility index (Phi) is 10.8. The summed E-state index contributed by atoms with van der Waals surface area (Å²) in [6, 6.07) is 37.6. The van der Waals surface area contributed by atoms with Gasteiger partial charge in [-0.25, -0.2) is 0 Å². The van der Waals surface area contributed by atoms with Crippen LogP contribution in [0.3, 0.4) is 0 Å². The molecule has 0 bridgehead atoms. The van der Waals surface area contributed by atoms with E-state index in [9.17, 15) is 0 Å². The van der Waals surface area contributed by atoms with Gasteiger partial charge in [0.25, 0.3) is 0 Å². The second kappa shape index (κ2) is 15.7. The summed E-state index contributed by atoms with van der Waals surface area (Å²) in [7, 11) is 0.655. The maximum atomic E-state index is 5.16. The van der Waals surface area contributed by atoms with Crippen molar-refractivity contribution in [2.24, 2.45) is 26.2 Å². The van der Waals surface area contributed by atoms with Gasteiger partial charge < -0.3 is 0 Å². The van der Waals surface area contributed by atoms with Gasteiger partial charge in [0.05, 0.1) is 40.9 Å². The Morgan fingerprint density at radius 3 is 1.31 bits per heavy atom. The molecule has 7 rings (SSSR count). The lowest BCUT2D eigenvalue weighted by Gasteiger charge is -2.50. The second-order valence-corrected chi connectivity index (χ2v) is 17.5. The summed E-state index contributed by atoms with van der Waals surface area (Å²) in [5.74, 6) is 0. The van der Waals surface area contributed by atoms with Gasteiger partial charge in [0, 0.05) is 46.1 Å². The first-order chi connectivity index (χ1) is 26.0. The molecule has 6 heteroatoms. The van der Waals surface area contributed by atoms with Crippen molar-refractivity contribution in [1.82, 2.24) is 15.0 Å². The third kappa shape index (κ3) is 8.80. The molecule has 3 heterocycles. The highest BCUT2D eigenvalue weighted by atomic mass is 31.1. The maximum Gasteiger partial charge on any atom is 0.0838 e. The second-order valence-electron chi connectivity index (χ2n) is 16.2. The molecular formula is C48H50N5P. The van der Waals surface area contributed by atoms with Gasteiger partial charge in [0.15, 0.2) is 0 Å². The Balaban J connectivity index is 1.16. The Bertz CT molecular complexity index is 2170. The Hall–Kier alpha value is -5.12. The molecule has 1 aliphatic rings. The largest absolute Gasteiger partial charge is 0.259 e. The average Bonchev–Trinajstić information content (AvgIpc) is 3.17. The van der Waals surface area contributed by atoms with Crippen molar-refractivity contribution < 1.29 is 0 Å². The van der Waals surface area contributed by atoms with Crippen LogP contribution in [0.2, 0.25) is 0 Å². The average molecular weight is 728 g/mol. The Labute approximate surface area is 323 Å². The molecule has 0 amide bonds. The van der Waals surface area contributed by atoms with Crippen LogP contribution < -0.4 is 5.30 Å². The molecule has 5 nitrogen and oxygen atoms in total. The van der Waals surface area contributed by atoms with Crippen LogP contribution in [0.4, 0.5) is 11.4 Å². The third-order valence-electron chi connectivity index (χ3n) is 10.7. The first kappa shape index (κ1) is 37.2. The zero-order valence-corrected chi connectivity index (χ0v) is 33.3. The minimum Gasteiger partial charge on any atom is -0.259 e. The predicted octanol–water partition coefficient (Wildman–Crippen LogP) is 12.1. The fraction of sp³-hybridized carbons (Fsp3) is 0.271. The number of pyridine rings is 3. The lowest BCUT2D eigenvalue weighted by atomic mass is 9.55. The van der Waals surface area contributed by atoms with Crippen LogP contribution >= 0.6 is 8.58 Å². The van der Waals surface area contributed by atoms with Gasteiger partial charge in [-0.15, -0.1) is 0 Å². The van der Waals surface area contributed by atoms with E-state index < -0.39 is 0 Å². The van der Waals surface area contributed by atoms with Gasteiger partial charge in [-0.05, 0) is 91.8 Å². The molecule has 0 radical (unpaired) electrons. The lowest BCUT2D eigenvalue weighted by molar-refractivity contribution is 0.0862. The number of benzene rings is 3. The number of rotatable bonds is 10. The van der Waals surface area contributed by atoms with Crippen molar-refractivity contribution >= 4 is 37.7 Å². The molecule has 1 fully saturated rings. The van der Waals surface area contributed by atoms with E-state index in [4.69, 9.17) is 24.9 Å². The Morgan fingerprint density at radius 1 is 0.537 bits per heavy atom. The lowest BCUT2D eigenvalue weighted by Crippen LogP contribution is -2.45. The molecule has 0 aliphatic heterocycles. The summed E-state index contributed by atoms with van der Waals surface area (Å²) in [6.45, 7) is 13.7. The highest BCUT2D eigenvalue weighted by Crippen LogP contribution is 2.55. The van der Waals surface area contributed by atoms with Crippen LogP contribution in [0.15, 0.2) is 138 Å². The summed E-state index contributed by atoms with van der Waals surface area (Å²) in [6.07, 6.45) is 14.5. The first-order valence-electron chi connectivity index (χ1n) is 18.9. The molecule has 1 aliphatic carbocycles. The van der Waals surface area contributed by atoms with Crippen molar-refractivity contribution in [2.75, 3.05) is 6.16 Å². The molecule has 3 aromatic heterocycles. The van der Waals surface area contributed by atoms with E-state index in [1.54, 1.807) is 0 Å². The van der Waals surface area contributed by atoms with E-state index in [2.05, 4.69) is 151 Å². The number of aryl methyl sites for hydroxylation is 3. The molecule has 1 saturated carbocycles. The normalized spacial score (nSPS) is 21.7. The summed E-state index contributed by atoms with van der Waals surface area (Å²) in [5, 5.41) is 1.34. The molecule has 0 saturated heterocycles. The van der Waals surface area contributed by atoms with E-state index in [1.165, 1.54) is 10.9 Å². The van der Waals surface area contributed by atoms with Gasteiger partial charge in [0.1, 0.15) is 0 Å². The number of hydrogen-bond acceptors (Lipinski definition) is 5. The quantitative estimate of drug-likeness (QED) is 0.104. The van der Waals surface area contributed by atoms with Crippen molar-refractivity contribution in [3.63, 3.8) is 0 Å². The Morgan fingerprint density at radius 2 is 0.926 bits per heavy atom. The number of nitrogens with zero attached hydrogens (tertiary/aromatic N) is 5. The van der Waals surface area contributed by atoms with E-state index in [0.717, 1.165) is 81.7 Å². The minimum absolute atomic E-state index is 0.0533. The van der Waals surface area contributed by atoms with Gasteiger partial charge in [-0.3, -0.25) is 24.9 Å². The summed E-state index contributed by atoms with van der Waals surface area (Å²) < 4.78 is 0. The molecule has 0 N–H and O–H groups in total. The van der Waals surface area contributed by atoms with Crippen molar-refractivity contribution in [2.45, 2.75) is 60.8 Å². The fourth-order valence-electron chi connectivity index (χ4n) is 8.54. The van der Waals surface area contributed by atoms with E-state index >= 15 is 0 Å². The van der Waals surface area contributed by atoms with Crippen LogP contribution in [0, 0.1) is 37.0 Å². The van der Waals surface area contributed by atoms with Crippen molar-refractivity contribution in [1.29, 1.82) is 0 Å². The predicted molar refractivity (Wildman–Crippen MR) is 231 cm³/mol. The maximum absolute atomic E-state index is 5.16. The number of aromatic nitrogens is 3. The zero-order valence-electron chi connectivity index (χ0n) is 32.3. The van der Waals surface area contributed by atoms with Crippen LogP contribution in [0.25, 0.3) is 33.8 Å². The number of aliphatic imine (C=N–C) groups is 2. The zero-order chi connectivity index (χ0) is 37.8. The molecular weight excluding hydrogens is 678 g/mol. The SMILES string of the molecule is Cc1cc(-c2ccccc2)ncc1N=CC1(C)CC(C)(C=Nc2cnc(-c3ccccc3)cc2C)CC(C)(CPc2cnc(-c3ccccc3)cc2C)C1. The molecule has 54 heavy (non-hydrogen) atoms. The first-order valence-corrected chi connectivity index (χ1v) is 20.1. The van der Waals surface area contributed by atoms with Gasteiger partial charge in [-0.2, -0.15) is 0 Å². The summed E-state index contributed by atoms with van der Waals surface area (Å²) in [4.78, 5) is 24.8. The highest BCUT2D eigenvalue weighted by molar-refractivity contribution is 7.47. The number of hydrogen-bond donors (Lipinski definition) is 0. The molecule has 3 atom stereocenters. The molecule has 3 unspecified atom stereocenters. The van der Waals surface area contributed by atoms with E-state index in [1.807, 2.05) is 30.6 Å². The van der Waals surface area contributed by atoms with Crippen LogP contribution in [-0.4, -0.2) is 33.5 Å². The third-order valence-corrected chi connectivity index (χ3v) is 12.6. The monoisotopic (exact) mass is 727 g/mol. The van der Waals surface area contributed by atoms with Crippen LogP contribution in [-0.2, 0) is 0 Å². The van der Waals surface area contributed by atoms with E-state index in [0.29, 0.717) is 8.58 Å². The summed E-state index contributed by atoms with van der Waals surface area (Å²) in [5.41, 5.74) is 11.5. The molecule has 272 valence electrons. The van der Waals surface area contributed by atoms with E-state index in [-0.39, 0.29) is 16.2 Å². The summed E-state index contributed by atoms with van der Waals surface area (Å²) >= 11 is 0. The topological polar surface area (TPSA) is 63.4 Å². The van der Waals surface area contributed by atoms with Gasteiger partial charge in [-0.1, -0.05) is 120 Å².